The zero-order valence-corrected chi connectivity index (χ0v) is 9.88. The molecule has 15 heavy (non-hydrogen) atoms. The van der Waals surface area contributed by atoms with E-state index in [0.29, 0.717) is 12.5 Å². The molecular weight excluding hydrogens is 192 g/mol. The van der Waals surface area contributed by atoms with Crippen LogP contribution in [0.4, 0.5) is 4.79 Å². The van der Waals surface area contributed by atoms with Gasteiger partial charge in [-0.25, -0.2) is 4.79 Å². The lowest BCUT2D eigenvalue weighted by Gasteiger charge is -2.24. The molecule has 0 aromatic rings. The minimum atomic E-state index is -0.326. The van der Waals surface area contributed by atoms with Gasteiger partial charge in [0, 0.05) is 11.5 Å². The smallest absolute Gasteiger partial charge is 0.407 e. The highest BCUT2D eigenvalue weighted by atomic mass is 16.6. The molecule has 4 heteroatoms. The van der Waals surface area contributed by atoms with Crippen molar-refractivity contribution in [3.05, 3.63) is 0 Å². The van der Waals surface area contributed by atoms with Crippen molar-refractivity contribution in [2.24, 2.45) is 11.7 Å². The maximum Gasteiger partial charge on any atom is 0.407 e. The first-order valence-corrected chi connectivity index (χ1v) is 5.61. The molecule has 0 spiro atoms. The lowest BCUT2D eigenvalue weighted by atomic mass is 10.1. The van der Waals surface area contributed by atoms with E-state index in [4.69, 9.17) is 10.5 Å². The second kappa shape index (κ2) is 4.84. The Kier molecular flexibility index (Phi) is 3.97. The summed E-state index contributed by atoms with van der Waals surface area (Å²) in [7, 11) is 0. The third kappa shape index (κ3) is 4.08. The van der Waals surface area contributed by atoms with Gasteiger partial charge in [0.15, 0.2) is 0 Å². The summed E-state index contributed by atoms with van der Waals surface area (Å²) in [6.45, 7) is 6.41. The fraction of sp³-hybridized carbons (Fsp3) is 0.909. The molecule has 2 atom stereocenters. The quantitative estimate of drug-likeness (QED) is 0.734. The number of hydrogen-bond acceptors (Lipinski definition) is 3. The number of hydrogen-bond donors (Lipinski definition) is 2. The van der Waals surface area contributed by atoms with Gasteiger partial charge in [-0.2, -0.15) is 0 Å². The summed E-state index contributed by atoms with van der Waals surface area (Å²) in [5, 5.41) is 2.79. The van der Waals surface area contributed by atoms with Gasteiger partial charge in [-0.3, -0.25) is 0 Å². The third-order valence-corrected chi connectivity index (χ3v) is 2.63. The lowest BCUT2D eigenvalue weighted by molar-refractivity contribution is 0.0724. The zero-order valence-electron chi connectivity index (χ0n) is 9.88. The molecule has 0 aliphatic heterocycles. The fourth-order valence-corrected chi connectivity index (χ4v) is 1.90. The Morgan fingerprint density at radius 2 is 2.13 bits per heavy atom. The Morgan fingerprint density at radius 3 is 2.67 bits per heavy atom. The molecule has 4 nitrogen and oxygen atoms in total. The van der Waals surface area contributed by atoms with E-state index in [0.717, 1.165) is 19.3 Å². The molecule has 0 radical (unpaired) electrons. The Labute approximate surface area is 91.5 Å². The van der Waals surface area contributed by atoms with E-state index in [1.165, 1.54) is 0 Å². The van der Waals surface area contributed by atoms with Crippen LogP contribution in [0, 0.1) is 5.92 Å². The number of rotatable bonds is 2. The van der Waals surface area contributed by atoms with Crippen LogP contribution in [-0.4, -0.2) is 24.3 Å². The van der Waals surface area contributed by atoms with Gasteiger partial charge in [-0.1, -0.05) is 0 Å². The largest absolute Gasteiger partial charge is 0.446 e. The molecule has 1 amide bonds. The van der Waals surface area contributed by atoms with Crippen LogP contribution in [0.25, 0.3) is 0 Å². The van der Waals surface area contributed by atoms with E-state index in [9.17, 15) is 4.79 Å². The number of alkyl carbamates (subject to hydrolysis) is 1. The van der Waals surface area contributed by atoms with Crippen LogP contribution in [0.5, 0.6) is 0 Å². The van der Waals surface area contributed by atoms with Crippen molar-refractivity contribution in [3.8, 4) is 0 Å². The molecule has 0 unspecified atom stereocenters. The lowest BCUT2D eigenvalue weighted by Crippen LogP contribution is -2.43. The summed E-state index contributed by atoms with van der Waals surface area (Å²) in [5.41, 5.74) is 5.37. The summed E-state index contributed by atoms with van der Waals surface area (Å²) in [6, 6.07) is 0. The molecule has 1 rings (SSSR count). The summed E-state index contributed by atoms with van der Waals surface area (Å²) in [4.78, 5) is 11.5. The summed E-state index contributed by atoms with van der Waals surface area (Å²) in [6.07, 6.45) is 2.81. The van der Waals surface area contributed by atoms with E-state index in [2.05, 4.69) is 5.32 Å². The molecule has 0 bridgehead atoms. The Hall–Kier alpha value is -0.770. The van der Waals surface area contributed by atoms with Crippen molar-refractivity contribution in [2.75, 3.05) is 6.54 Å². The zero-order chi connectivity index (χ0) is 11.5. The van der Waals surface area contributed by atoms with Gasteiger partial charge in [0.25, 0.3) is 0 Å². The van der Waals surface area contributed by atoms with Crippen molar-refractivity contribution in [3.63, 3.8) is 0 Å². The van der Waals surface area contributed by atoms with Gasteiger partial charge in [0.1, 0.15) is 6.10 Å². The van der Waals surface area contributed by atoms with E-state index in [-0.39, 0.29) is 17.7 Å². The van der Waals surface area contributed by atoms with Crippen molar-refractivity contribution in [2.45, 2.75) is 51.7 Å². The van der Waals surface area contributed by atoms with Gasteiger partial charge >= 0.3 is 6.09 Å². The average Bonchev–Trinajstić information content (AvgIpc) is 2.48. The normalized spacial score (nSPS) is 26.4. The third-order valence-electron chi connectivity index (χ3n) is 2.63. The van der Waals surface area contributed by atoms with Gasteiger partial charge < -0.3 is 15.8 Å². The van der Waals surface area contributed by atoms with E-state index >= 15 is 0 Å². The van der Waals surface area contributed by atoms with Crippen LogP contribution in [-0.2, 0) is 4.74 Å². The van der Waals surface area contributed by atoms with Crippen LogP contribution >= 0.6 is 0 Å². The maximum atomic E-state index is 11.5. The second-order valence-electron chi connectivity index (χ2n) is 5.25. The molecule has 1 aliphatic rings. The average molecular weight is 214 g/mol. The molecule has 1 aliphatic carbocycles. The number of amides is 1. The number of ether oxygens (including phenoxy) is 1. The number of nitrogens with two attached hydrogens (primary N) is 1. The highest BCUT2D eigenvalue weighted by Crippen LogP contribution is 2.27. The van der Waals surface area contributed by atoms with Gasteiger partial charge in [0.2, 0.25) is 0 Å². The van der Waals surface area contributed by atoms with Crippen molar-refractivity contribution < 1.29 is 9.53 Å². The number of carbonyl (C=O) groups excluding carboxylic acids is 1. The van der Waals surface area contributed by atoms with E-state index in [1.807, 2.05) is 20.8 Å². The minimum absolute atomic E-state index is 0.0114. The number of nitrogens with one attached hydrogen (secondary N) is 1. The Morgan fingerprint density at radius 1 is 1.47 bits per heavy atom. The monoisotopic (exact) mass is 214 g/mol. The summed E-state index contributed by atoms with van der Waals surface area (Å²) < 4.78 is 5.36. The van der Waals surface area contributed by atoms with Crippen LogP contribution in [0.15, 0.2) is 0 Å². The first-order valence-electron chi connectivity index (χ1n) is 5.61. The minimum Gasteiger partial charge on any atom is -0.446 e. The van der Waals surface area contributed by atoms with Crippen LogP contribution in [0.3, 0.4) is 0 Å². The molecule has 88 valence electrons. The topological polar surface area (TPSA) is 64.3 Å². The SMILES string of the molecule is CC(C)(C)NC(=O)O[C@H]1CCC[C@@H]1CN. The predicted molar refractivity (Wildman–Crippen MR) is 59.6 cm³/mol. The highest BCUT2D eigenvalue weighted by molar-refractivity contribution is 5.68. The fourth-order valence-electron chi connectivity index (χ4n) is 1.90. The molecular formula is C11H22N2O2. The molecule has 0 aromatic heterocycles. The Balaban J connectivity index is 2.37. The molecule has 1 fully saturated rings. The van der Waals surface area contributed by atoms with E-state index < -0.39 is 0 Å². The van der Waals surface area contributed by atoms with Crippen LogP contribution in [0.1, 0.15) is 40.0 Å². The van der Waals surface area contributed by atoms with Gasteiger partial charge in [-0.05, 0) is 46.6 Å². The Bertz CT molecular complexity index is 223. The first kappa shape index (κ1) is 12.3. The second-order valence-corrected chi connectivity index (χ2v) is 5.25. The highest BCUT2D eigenvalue weighted by Gasteiger charge is 2.30. The standard InChI is InChI=1S/C11H22N2O2/c1-11(2,3)13-10(14)15-9-6-4-5-8(9)7-12/h8-9H,4-7,12H2,1-3H3,(H,13,14)/t8-,9+/m1/s1. The molecule has 1 saturated carbocycles. The predicted octanol–water partition coefficient (Wildman–Crippen LogP) is 1.64. The first-order chi connectivity index (χ1) is 6.92. The van der Waals surface area contributed by atoms with Crippen LogP contribution in [0.2, 0.25) is 0 Å². The molecule has 0 aromatic carbocycles. The van der Waals surface area contributed by atoms with Gasteiger partial charge in [0.05, 0.1) is 0 Å². The molecule has 3 N–H and O–H groups in total. The van der Waals surface area contributed by atoms with Crippen LogP contribution < -0.4 is 11.1 Å². The molecule has 0 heterocycles. The van der Waals surface area contributed by atoms with Gasteiger partial charge in [-0.15, -0.1) is 0 Å². The number of carbonyl (C=O) groups is 1. The van der Waals surface area contributed by atoms with Crippen molar-refractivity contribution >= 4 is 6.09 Å². The van der Waals surface area contributed by atoms with Crippen molar-refractivity contribution in [1.82, 2.24) is 5.32 Å². The van der Waals surface area contributed by atoms with E-state index in [1.54, 1.807) is 0 Å². The molecule has 0 saturated heterocycles. The summed E-state index contributed by atoms with van der Waals surface area (Å²) in [5.74, 6) is 0.343. The van der Waals surface area contributed by atoms with Crippen molar-refractivity contribution in [1.29, 1.82) is 0 Å². The maximum absolute atomic E-state index is 11.5. The summed E-state index contributed by atoms with van der Waals surface area (Å²) >= 11 is 0.